The van der Waals surface area contributed by atoms with Crippen LogP contribution < -0.4 is 0 Å². The quantitative estimate of drug-likeness (QED) is 0.415. The van der Waals surface area contributed by atoms with Crippen molar-refractivity contribution in [2.75, 3.05) is 20.6 Å². The Morgan fingerprint density at radius 3 is 2.29 bits per heavy atom. The number of unbranched alkanes of at least 4 members (excludes halogenated alkanes) is 2. The molecule has 0 saturated carbocycles. The molecule has 0 N–H and O–H groups in total. The van der Waals surface area contributed by atoms with E-state index in [2.05, 4.69) is 19.0 Å². The van der Waals surface area contributed by atoms with Gasteiger partial charge in [-0.25, -0.2) is 0 Å². The first-order valence-electron chi connectivity index (χ1n) is 5.97. The van der Waals surface area contributed by atoms with E-state index < -0.39 is 0 Å². The Morgan fingerprint density at radius 1 is 1.12 bits per heavy atom. The van der Waals surface area contributed by atoms with Crippen LogP contribution >= 0.6 is 0 Å². The molecule has 0 atom stereocenters. The Bertz CT molecular complexity index is 347. The molecule has 0 radical (unpaired) electrons. The Kier molecular flexibility index (Phi) is 5.63. The SMILES string of the molecule is CN(C)CCCCCc1ccc([N+](=O)[O-])cc1. The van der Waals surface area contributed by atoms with Gasteiger partial charge in [0.05, 0.1) is 4.92 Å². The second-order valence-electron chi connectivity index (χ2n) is 4.54. The van der Waals surface area contributed by atoms with Crippen molar-refractivity contribution in [2.45, 2.75) is 25.7 Å². The Labute approximate surface area is 102 Å². The largest absolute Gasteiger partial charge is 0.309 e. The summed E-state index contributed by atoms with van der Waals surface area (Å²) in [5.41, 5.74) is 1.35. The van der Waals surface area contributed by atoms with Crippen LogP contribution in [-0.4, -0.2) is 30.5 Å². The van der Waals surface area contributed by atoms with Crippen molar-refractivity contribution in [3.63, 3.8) is 0 Å². The fourth-order valence-corrected chi connectivity index (χ4v) is 1.72. The van der Waals surface area contributed by atoms with Crippen LogP contribution in [0, 0.1) is 10.1 Å². The highest BCUT2D eigenvalue weighted by Gasteiger charge is 2.03. The molecule has 0 amide bonds. The molecule has 4 nitrogen and oxygen atoms in total. The number of benzene rings is 1. The molecular formula is C13H20N2O2. The fourth-order valence-electron chi connectivity index (χ4n) is 1.72. The molecule has 0 saturated heterocycles. The van der Waals surface area contributed by atoms with E-state index in [0.717, 1.165) is 19.4 Å². The number of nitro groups is 1. The van der Waals surface area contributed by atoms with Crippen LogP contribution in [0.2, 0.25) is 0 Å². The van der Waals surface area contributed by atoms with E-state index in [1.807, 2.05) is 12.1 Å². The topological polar surface area (TPSA) is 46.4 Å². The summed E-state index contributed by atoms with van der Waals surface area (Å²) in [6.07, 6.45) is 4.56. The van der Waals surface area contributed by atoms with E-state index >= 15 is 0 Å². The maximum atomic E-state index is 10.5. The lowest BCUT2D eigenvalue weighted by atomic mass is 10.1. The van der Waals surface area contributed by atoms with Crippen molar-refractivity contribution < 1.29 is 4.92 Å². The van der Waals surface area contributed by atoms with E-state index in [9.17, 15) is 10.1 Å². The summed E-state index contributed by atoms with van der Waals surface area (Å²) in [4.78, 5) is 12.3. The van der Waals surface area contributed by atoms with Gasteiger partial charge in [0.2, 0.25) is 0 Å². The number of hydrogen-bond acceptors (Lipinski definition) is 3. The predicted molar refractivity (Wildman–Crippen MR) is 69.2 cm³/mol. The standard InChI is InChI=1S/C13H20N2O2/c1-14(2)11-5-3-4-6-12-7-9-13(10-8-12)15(16)17/h7-10H,3-6,11H2,1-2H3. The molecule has 0 heterocycles. The Morgan fingerprint density at radius 2 is 1.76 bits per heavy atom. The summed E-state index contributed by atoms with van der Waals surface area (Å²) in [7, 11) is 4.16. The van der Waals surface area contributed by atoms with Gasteiger partial charge in [-0.2, -0.15) is 0 Å². The van der Waals surface area contributed by atoms with Gasteiger partial charge in [0.25, 0.3) is 5.69 Å². The summed E-state index contributed by atoms with van der Waals surface area (Å²) >= 11 is 0. The highest BCUT2D eigenvalue weighted by atomic mass is 16.6. The average molecular weight is 236 g/mol. The van der Waals surface area contributed by atoms with Gasteiger partial charge in [-0.15, -0.1) is 0 Å². The molecule has 0 unspecified atom stereocenters. The minimum absolute atomic E-state index is 0.168. The van der Waals surface area contributed by atoms with Crippen LogP contribution in [0.25, 0.3) is 0 Å². The molecule has 0 aliphatic rings. The third-order valence-electron chi connectivity index (χ3n) is 2.72. The third-order valence-corrected chi connectivity index (χ3v) is 2.72. The number of aryl methyl sites for hydroxylation is 1. The van der Waals surface area contributed by atoms with Crippen LogP contribution in [0.1, 0.15) is 24.8 Å². The van der Waals surface area contributed by atoms with Gasteiger partial charge >= 0.3 is 0 Å². The lowest BCUT2D eigenvalue weighted by molar-refractivity contribution is -0.384. The number of hydrogen-bond donors (Lipinski definition) is 0. The highest BCUT2D eigenvalue weighted by Crippen LogP contribution is 2.13. The average Bonchev–Trinajstić information content (AvgIpc) is 2.29. The Balaban J connectivity index is 2.25. The monoisotopic (exact) mass is 236 g/mol. The minimum Gasteiger partial charge on any atom is -0.309 e. The van der Waals surface area contributed by atoms with Gasteiger partial charge in [-0.3, -0.25) is 10.1 Å². The smallest absolute Gasteiger partial charge is 0.269 e. The van der Waals surface area contributed by atoms with Crippen LogP contribution in [0.5, 0.6) is 0 Å². The molecule has 4 heteroatoms. The summed E-state index contributed by atoms with van der Waals surface area (Å²) in [5, 5.41) is 10.5. The Hall–Kier alpha value is -1.42. The maximum absolute atomic E-state index is 10.5. The lowest BCUT2D eigenvalue weighted by Crippen LogP contribution is -2.12. The van der Waals surface area contributed by atoms with Gasteiger partial charge in [-0.1, -0.05) is 18.6 Å². The van der Waals surface area contributed by atoms with Crippen LogP contribution in [-0.2, 0) is 6.42 Å². The first-order chi connectivity index (χ1) is 8.09. The van der Waals surface area contributed by atoms with Crippen molar-refractivity contribution in [2.24, 2.45) is 0 Å². The molecule has 0 bridgehead atoms. The molecule has 1 aromatic rings. The molecule has 94 valence electrons. The third kappa shape index (κ3) is 5.45. The van der Waals surface area contributed by atoms with Crippen molar-refractivity contribution in [1.82, 2.24) is 4.90 Å². The number of non-ortho nitro benzene ring substituents is 1. The molecular weight excluding hydrogens is 216 g/mol. The van der Waals surface area contributed by atoms with Gasteiger partial charge < -0.3 is 4.90 Å². The van der Waals surface area contributed by atoms with Crippen LogP contribution in [0.4, 0.5) is 5.69 Å². The van der Waals surface area contributed by atoms with E-state index in [1.54, 1.807) is 12.1 Å². The summed E-state index contributed by atoms with van der Waals surface area (Å²) in [5.74, 6) is 0. The number of rotatable bonds is 7. The second kappa shape index (κ2) is 7.01. The summed E-state index contributed by atoms with van der Waals surface area (Å²) in [6.45, 7) is 1.13. The number of nitrogens with zero attached hydrogens (tertiary/aromatic N) is 2. The zero-order valence-electron chi connectivity index (χ0n) is 10.6. The molecule has 0 aromatic heterocycles. The van der Waals surface area contributed by atoms with Gasteiger partial charge in [0.15, 0.2) is 0 Å². The van der Waals surface area contributed by atoms with Crippen molar-refractivity contribution >= 4 is 5.69 Å². The maximum Gasteiger partial charge on any atom is 0.269 e. The minimum atomic E-state index is -0.360. The van der Waals surface area contributed by atoms with Crippen molar-refractivity contribution in [1.29, 1.82) is 0 Å². The molecule has 0 aliphatic carbocycles. The molecule has 0 aliphatic heterocycles. The first-order valence-corrected chi connectivity index (χ1v) is 5.97. The van der Waals surface area contributed by atoms with E-state index in [0.29, 0.717) is 0 Å². The van der Waals surface area contributed by atoms with E-state index in [4.69, 9.17) is 0 Å². The van der Waals surface area contributed by atoms with Crippen molar-refractivity contribution in [3.8, 4) is 0 Å². The zero-order chi connectivity index (χ0) is 12.7. The van der Waals surface area contributed by atoms with Crippen LogP contribution in [0.3, 0.4) is 0 Å². The summed E-state index contributed by atoms with van der Waals surface area (Å²) in [6, 6.07) is 6.86. The highest BCUT2D eigenvalue weighted by molar-refractivity contribution is 5.32. The van der Waals surface area contributed by atoms with E-state index in [-0.39, 0.29) is 10.6 Å². The van der Waals surface area contributed by atoms with Crippen LogP contribution in [0.15, 0.2) is 24.3 Å². The number of nitro benzene ring substituents is 1. The van der Waals surface area contributed by atoms with Gasteiger partial charge in [0.1, 0.15) is 0 Å². The normalized spacial score (nSPS) is 10.8. The lowest BCUT2D eigenvalue weighted by Gasteiger charge is -2.08. The predicted octanol–water partition coefficient (Wildman–Crippen LogP) is 2.87. The fraction of sp³-hybridized carbons (Fsp3) is 0.538. The van der Waals surface area contributed by atoms with Gasteiger partial charge in [0, 0.05) is 12.1 Å². The molecule has 0 fully saturated rings. The van der Waals surface area contributed by atoms with Crippen molar-refractivity contribution in [3.05, 3.63) is 39.9 Å². The summed E-state index contributed by atoms with van der Waals surface area (Å²) < 4.78 is 0. The van der Waals surface area contributed by atoms with E-state index in [1.165, 1.54) is 18.4 Å². The molecule has 17 heavy (non-hydrogen) atoms. The first kappa shape index (κ1) is 13.6. The zero-order valence-corrected chi connectivity index (χ0v) is 10.6. The molecule has 1 rings (SSSR count). The second-order valence-corrected chi connectivity index (χ2v) is 4.54. The molecule has 1 aromatic carbocycles. The molecule has 0 spiro atoms. The van der Waals surface area contributed by atoms with Gasteiger partial charge in [-0.05, 0) is 45.5 Å².